The van der Waals surface area contributed by atoms with Crippen LogP contribution in [-0.2, 0) is 4.79 Å². The summed E-state index contributed by atoms with van der Waals surface area (Å²) in [6.07, 6.45) is 7.53. The highest BCUT2D eigenvalue weighted by Crippen LogP contribution is 2.24. The summed E-state index contributed by atoms with van der Waals surface area (Å²) in [6.45, 7) is 8.28. The van der Waals surface area contributed by atoms with Crippen LogP contribution >= 0.6 is 0 Å². The fraction of sp³-hybridized carbons (Fsp3) is 0.950. The summed E-state index contributed by atoms with van der Waals surface area (Å²) in [6, 6.07) is 0. The van der Waals surface area contributed by atoms with Crippen molar-refractivity contribution in [3.05, 3.63) is 0 Å². The lowest BCUT2D eigenvalue weighted by Gasteiger charge is -2.24. The second-order valence-electron chi connectivity index (χ2n) is 8.09. The summed E-state index contributed by atoms with van der Waals surface area (Å²) in [4.78, 5) is 11.9. The van der Waals surface area contributed by atoms with Gasteiger partial charge in [-0.1, -0.05) is 40.0 Å². The molecular weight excluding hydrogens is 304 g/mol. The van der Waals surface area contributed by atoms with E-state index in [1.165, 1.54) is 0 Å². The molecule has 0 aromatic rings. The van der Waals surface area contributed by atoms with Crippen LogP contribution in [-0.4, -0.2) is 39.9 Å². The van der Waals surface area contributed by atoms with Crippen molar-refractivity contribution >= 4 is 5.78 Å². The molecular formula is C20H40O4. The van der Waals surface area contributed by atoms with Gasteiger partial charge in [0.05, 0.1) is 5.60 Å². The van der Waals surface area contributed by atoms with E-state index in [2.05, 4.69) is 6.92 Å². The summed E-state index contributed by atoms with van der Waals surface area (Å²) in [7, 11) is 0. The maximum Gasteiger partial charge on any atom is 0.135 e. The minimum absolute atomic E-state index is 0.0377. The molecule has 0 saturated carbocycles. The van der Waals surface area contributed by atoms with E-state index in [1.54, 1.807) is 0 Å². The molecule has 0 heterocycles. The molecule has 0 saturated heterocycles. The lowest BCUT2D eigenvalue weighted by molar-refractivity contribution is -0.123. The van der Waals surface area contributed by atoms with Gasteiger partial charge in [0.25, 0.3) is 0 Å². The lowest BCUT2D eigenvalue weighted by Crippen LogP contribution is -2.24. The van der Waals surface area contributed by atoms with Gasteiger partial charge in [-0.2, -0.15) is 0 Å². The number of carbonyl (C=O) groups excluding carboxylic acids is 1. The summed E-state index contributed by atoms with van der Waals surface area (Å²) >= 11 is 0. The van der Waals surface area contributed by atoms with E-state index >= 15 is 0 Å². The van der Waals surface area contributed by atoms with E-state index in [0.29, 0.717) is 24.7 Å². The summed E-state index contributed by atoms with van der Waals surface area (Å²) in [5.74, 6) is 1.01. The largest absolute Gasteiger partial charge is 0.396 e. The van der Waals surface area contributed by atoms with E-state index in [1.807, 2.05) is 20.8 Å². The molecule has 0 aromatic carbocycles. The van der Waals surface area contributed by atoms with Crippen molar-refractivity contribution < 1.29 is 20.1 Å². The number of Topliss-reactive ketones (excluding diaryl/α,β-unsaturated/α-hetero) is 1. The summed E-state index contributed by atoms with van der Waals surface area (Å²) in [5.41, 5.74) is -0.625. The predicted molar refractivity (Wildman–Crippen MR) is 98.8 cm³/mol. The van der Waals surface area contributed by atoms with Gasteiger partial charge in [-0.15, -0.1) is 0 Å². The zero-order chi connectivity index (χ0) is 18.6. The Morgan fingerprint density at radius 2 is 1.46 bits per heavy atom. The molecule has 0 aliphatic heterocycles. The fourth-order valence-electron chi connectivity index (χ4n) is 3.01. The number of ketones is 1. The van der Waals surface area contributed by atoms with Gasteiger partial charge in [0.2, 0.25) is 0 Å². The van der Waals surface area contributed by atoms with Crippen LogP contribution in [0.2, 0.25) is 0 Å². The highest BCUT2D eigenvalue weighted by Gasteiger charge is 2.20. The quantitative estimate of drug-likeness (QED) is 0.423. The Kier molecular flexibility index (Phi) is 12.6. The van der Waals surface area contributed by atoms with Gasteiger partial charge in [-0.05, 0) is 50.9 Å². The van der Waals surface area contributed by atoms with Crippen LogP contribution in [0, 0.1) is 17.8 Å². The minimum atomic E-state index is -0.625. The highest BCUT2D eigenvalue weighted by atomic mass is 16.3. The van der Waals surface area contributed by atoms with Crippen LogP contribution in [0.4, 0.5) is 0 Å². The molecule has 144 valence electrons. The number of aliphatic hydroxyl groups excluding tert-OH is 2. The van der Waals surface area contributed by atoms with E-state index in [4.69, 9.17) is 10.2 Å². The fourth-order valence-corrected chi connectivity index (χ4v) is 3.01. The first-order valence-corrected chi connectivity index (χ1v) is 9.68. The number of hydrogen-bond donors (Lipinski definition) is 3. The van der Waals surface area contributed by atoms with Crippen molar-refractivity contribution in [3.63, 3.8) is 0 Å². The standard InChI is InChI=1S/C20H40O4/c1-16(9-10-19(23)18(3)11-14-21)7-5-12-20(4,24)13-6-8-17(2)15-22/h16-18,21-22,24H,5-15H2,1-4H3/t16-,17+,18+,20-/m0/s1. The van der Waals surface area contributed by atoms with Gasteiger partial charge >= 0.3 is 0 Å². The molecule has 3 N–H and O–H groups in total. The van der Waals surface area contributed by atoms with E-state index in [0.717, 1.165) is 44.9 Å². The SMILES string of the molecule is C[C@@H](CCC[C@](C)(O)CCC[C@@H](C)CO)CCC(=O)[C@H](C)CCO. The van der Waals surface area contributed by atoms with E-state index in [-0.39, 0.29) is 24.9 Å². The van der Waals surface area contributed by atoms with E-state index in [9.17, 15) is 9.90 Å². The van der Waals surface area contributed by atoms with Crippen molar-refractivity contribution in [3.8, 4) is 0 Å². The Labute approximate surface area is 148 Å². The zero-order valence-electron chi connectivity index (χ0n) is 16.3. The van der Waals surface area contributed by atoms with Gasteiger partial charge in [-0.3, -0.25) is 4.79 Å². The van der Waals surface area contributed by atoms with Crippen LogP contribution in [0.3, 0.4) is 0 Å². The maximum atomic E-state index is 11.9. The molecule has 0 amide bonds. The average Bonchev–Trinajstić information content (AvgIpc) is 2.52. The van der Waals surface area contributed by atoms with Crippen LogP contribution in [0.25, 0.3) is 0 Å². The first-order chi connectivity index (χ1) is 11.2. The topological polar surface area (TPSA) is 77.8 Å². The molecule has 0 bridgehead atoms. The monoisotopic (exact) mass is 344 g/mol. The van der Waals surface area contributed by atoms with Crippen LogP contribution < -0.4 is 0 Å². The Morgan fingerprint density at radius 3 is 1.96 bits per heavy atom. The number of hydrogen-bond acceptors (Lipinski definition) is 4. The van der Waals surface area contributed by atoms with Gasteiger partial charge < -0.3 is 15.3 Å². The third-order valence-electron chi connectivity index (χ3n) is 5.13. The van der Waals surface area contributed by atoms with Gasteiger partial charge in [0.1, 0.15) is 5.78 Å². The highest BCUT2D eigenvalue weighted by molar-refractivity contribution is 5.80. The van der Waals surface area contributed by atoms with Crippen LogP contribution in [0.5, 0.6) is 0 Å². The first kappa shape index (κ1) is 23.5. The molecule has 4 atom stereocenters. The zero-order valence-corrected chi connectivity index (χ0v) is 16.3. The van der Waals surface area contributed by atoms with Crippen molar-refractivity contribution in [2.24, 2.45) is 17.8 Å². The number of aliphatic hydroxyl groups is 3. The molecule has 0 spiro atoms. The van der Waals surface area contributed by atoms with Crippen molar-refractivity contribution in [2.75, 3.05) is 13.2 Å². The second kappa shape index (κ2) is 12.8. The molecule has 0 unspecified atom stereocenters. The van der Waals surface area contributed by atoms with E-state index < -0.39 is 5.60 Å². The second-order valence-corrected chi connectivity index (χ2v) is 8.09. The Morgan fingerprint density at radius 1 is 0.917 bits per heavy atom. The smallest absolute Gasteiger partial charge is 0.135 e. The summed E-state index contributed by atoms with van der Waals surface area (Å²) in [5, 5.41) is 28.3. The van der Waals surface area contributed by atoms with Crippen LogP contribution in [0.1, 0.15) is 85.5 Å². The van der Waals surface area contributed by atoms with Crippen LogP contribution in [0.15, 0.2) is 0 Å². The average molecular weight is 345 g/mol. The number of carbonyl (C=O) groups is 1. The van der Waals surface area contributed by atoms with Gasteiger partial charge in [0.15, 0.2) is 0 Å². The Bertz CT molecular complexity index is 328. The lowest BCUT2D eigenvalue weighted by atomic mass is 9.88. The minimum Gasteiger partial charge on any atom is -0.396 e. The van der Waals surface area contributed by atoms with Crippen molar-refractivity contribution in [1.29, 1.82) is 0 Å². The van der Waals surface area contributed by atoms with Crippen molar-refractivity contribution in [2.45, 2.75) is 91.1 Å². The molecule has 0 aromatic heterocycles. The van der Waals surface area contributed by atoms with Crippen molar-refractivity contribution in [1.82, 2.24) is 0 Å². The molecule has 4 nitrogen and oxygen atoms in total. The molecule has 0 rings (SSSR count). The third-order valence-corrected chi connectivity index (χ3v) is 5.13. The molecule has 24 heavy (non-hydrogen) atoms. The molecule has 0 aliphatic rings. The third kappa shape index (κ3) is 12.0. The number of rotatable bonds is 15. The predicted octanol–water partition coefficient (Wildman–Crippen LogP) is 3.71. The maximum absolute atomic E-state index is 11.9. The summed E-state index contributed by atoms with van der Waals surface area (Å²) < 4.78 is 0. The Balaban J connectivity index is 3.85. The van der Waals surface area contributed by atoms with Gasteiger partial charge in [0, 0.05) is 25.6 Å². The molecule has 0 aliphatic carbocycles. The molecule has 0 fully saturated rings. The molecule has 4 heteroatoms. The van der Waals surface area contributed by atoms with Gasteiger partial charge in [-0.25, -0.2) is 0 Å². The molecule has 0 radical (unpaired) electrons. The Hall–Kier alpha value is -0.450. The normalized spacial score (nSPS) is 18.0. The first-order valence-electron chi connectivity index (χ1n) is 9.68.